The van der Waals surface area contributed by atoms with E-state index >= 15 is 0 Å². The van der Waals surface area contributed by atoms with Crippen molar-refractivity contribution < 1.29 is 9.53 Å². The molecule has 0 aliphatic carbocycles. The molecule has 0 fully saturated rings. The summed E-state index contributed by atoms with van der Waals surface area (Å²) in [6.45, 7) is 3.39. The van der Waals surface area contributed by atoms with Gasteiger partial charge >= 0.3 is 0 Å². The van der Waals surface area contributed by atoms with Crippen molar-refractivity contribution in [3.63, 3.8) is 0 Å². The lowest BCUT2D eigenvalue weighted by Crippen LogP contribution is -2.46. The Labute approximate surface area is 81.3 Å². The fourth-order valence-electron chi connectivity index (χ4n) is 1.21. The first-order valence-electron chi connectivity index (χ1n) is 4.26. The van der Waals surface area contributed by atoms with Gasteiger partial charge in [-0.05, 0) is 26.0 Å². The van der Waals surface area contributed by atoms with Crippen LogP contribution in [-0.4, -0.2) is 16.5 Å². The zero-order chi connectivity index (χ0) is 10.3. The van der Waals surface area contributed by atoms with Crippen molar-refractivity contribution in [1.82, 2.24) is 4.98 Å². The zero-order valence-corrected chi connectivity index (χ0v) is 8.00. The molecular weight excluding hydrogens is 182 g/mol. The standard InChI is InChI=1S/C9H11N3O2/c1-9(2)8(13)12-7-5(14-9)3-4-6(10)11-7/h3-4H,1-2H3,(H3,10,11,12,13). The number of aromatic nitrogens is 1. The predicted octanol–water partition coefficient (Wildman–Crippen LogP) is 0.773. The zero-order valence-electron chi connectivity index (χ0n) is 8.00. The first-order chi connectivity index (χ1) is 6.49. The van der Waals surface area contributed by atoms with Gasteiger partial charge in [0.15, 0.2) is 17.2 Å². The number of amides is 1. The minimum absolute atomic E-state index is 0.219. The van der Waals surface area contributed by atoms with Crippen LogP contribution in [-0.2, 0) is 4.79 Å². The molecule has 2 rings (SSSR count). The summed E-state index contributed by atoms with van der Waals surface area (Å²) < 4.78 is 5.46. The number of hydrogen-bond donors (Lipinski definition) is 2. The summed E-state index contributed by atoms with van der Waals surface area (Å²) in [4.78, 5) is 15.4. The molecule has 0 radical (unpaired) electrons. The summed E-state index contributed by atoms with van der Waals surface area (Å²) in [5.41, 5.74) is 4.62. The van der Waals surface area contributed by atoms with Crippen LogP contribution in [0.5, 0.6) is 5.75 Å². The number of carbonyl (C=O) groups excluding carboxylic acids is 1. The Morgan fingerprint density at radius 2 is 2.21 bits per heavy atom. The SMILES string of the molecule is CC1(C)Oc2ccc(N)nc2NC1=O. The number of nitrogens with two attached hydrogens (primary N) is 1. The summed E-state index contributed by atoms with van der Waals surface area (Å²) in [5, 5.41) is 2.64. The third-order valence-electron chi connectivity index (χ3n) is 2.02. The van der Waals surface area contributed by atoms with Crippen molar-refractivity contribution in [2.75, 3.05) is 11.1 Å². The van der Waals surface area contributed by atoms with Gasteiger partial charge in [-0.3, -0.25) is 4.79 Å². The van der Waals surface area contributed by atoms with Crippen molar-refractivity contribution in [3.05, 3.63) is 12.1 Å². The lowest BCUT2D eigenvalue weighted by atomic mass is 10.1. The Bertz CT molecular complexity index is 401. The molecule has 0 spiro atoms. The smallest absolute Gasteiger partial charge is 0.269 e. The number of fused-ring (bicyclic) bond motifs is 1. The second-order valence-corrected chi connectivity index (χ2v) is 3.65. The number of nitrogens with zero attached hydrogens (tertiary/aromatic N) is 1. The third-order valence-corrected chi connectivity index (χ3v) is 2.02. The molecule has 3 N–H and O–H groups in total. The van der Waals surface area contributed by atoms with E-state index in [9.17, 15) is 4.79 Å². The van der Waals surface area contributed by atoms with E-state index in [2.05, 4.69) is 10.3 Å². The summed E-state index contributed by atoms with van der Waals surface area (Å²) in [6.07, 6.45) is 0. The number of pyridine rings is 1. The van der Waals surface area contributed by atoms with Crippen LogP contribution in [0.4, 0.5) is 11.6 Å². The maximum absolute atomic E-state index is 11.5. The lowest BCUT2D eigenvalue weighted by Gasteiger charge is -2.30. The number of rotatable bonds is 0. The average molecular weight is 193 g/mol. The van der Waals surface area contributed by atoms with Gasteiger partial charge in [0.1, 0.15) is 5.82 Å². The molecule has 0 aromatic carbocycles. The van der Waals surface area contributed by atoms with E-state index in [1.165, 1.54) is 0 Å². The lowest BCUT2D eigenvalue weighted by molar-refractivity contribution is -0.129. The number of nitrogen functional groups attached to an aromatic ring is 1. The van der Waals surface area contributed by atoms with Gasteiger partial charge in [0, 0.05) is 0 Å². The molecular formula is C9H11N3O2. The van der Waals surface area contributed by atoms with Gasteiger partial charge in [-0.2, -0.15) is 0 Å². The van der Waals surface area contributed by atoms with Crippen LogP contribution in [0.15, 0.2) is 12.1 Å². The Kier molecular flexibility index (Phi) is 1.64. The monoisotopic (exact) mass is 193 g/mol. The predicted molar refractivity (Wildman–Crippen MR) is 52.0 cm³/mol. The first-order valence-corrected chi connectivity index (χ1v) is 4.26. The molecule has 2 heterocycles. The van der Waals surface area contributed by atoms with Crippen molar-refractivity contribution in [2.45, 2.75) is 19.4 Å². The molecule has 0 atom stereocenters. The molecule has 14 heavy (non-hydrogen) atoms. The van der Waals surface area contributed by atoms with E-state index in [-0.39, 0.29) is 5.91 Å². The second kappa shape index (κ2) is 2.60. The number of anilines is 2. The Hall–Kier alpha value is -1.78. The Morgan fingerprint density at radius 1 is 1.50 bits per heavy atom. The minimum Gasteiger partial charge on any atom is -0.474 e. The molecule has 0 saturated heterocycles. The van der Waals surface area contributed by atoms with Crippen LogP contribution < -0.4 is 15.8 Å². The van der Waals surface area contributed by atoms with Gasteiger partial charge in [-0.15, -0.1) is 0 Å². The van der Waals surface area contributed by atoms with Crippen LogP contribution in [0.2, 0.25) is 0 Å². The van der Waals surface area contributed by atoms with Crippen LogP contribution in [0.3, 0.4) is 0 Å². The van der Waals surface area contributed by atoms with Crippen molar-refractivity contribution in [3.8, 4) is 5.75 Å². The molecule has 1 aromatic heterocycles. The molecule has 0 saturated carbocycles. The molecule has 0 unspecified atom stereocenters. The quantitative estimate of drug-likeness (QED) is 0.638. The molecule has 5 heteroatoms. The highest BCUT2D eigenvalue weighted by Gasteiger charge is 2.35. The highest BCUT2D eigenvalue weighted by Crippen LogP contribution is 2.32. The summed E-state index contributed by atoms with van der Waals surface area (Å²) in [5.74, 6) is 1.06. The number of nitrogens with one attached hydrogen (secondary N) is 1. The highest BCUT2D eigenvalue weighted by molar-refractivity contribution is 5.99. The van der Waals surface area contributed by atoms with Crippen molar-refractivity contribution in [2.24, 2.45) is 0 Å². The molecule has 74 valence electrons. The molecule has 1 aromatic rings. The van der Waals surface area contributed by atoms with Crippen molar-refractivity contribution in [1.29, 1.82) is 0 Å². The van der Waals surface area contributed by atoms with E-state index in [4.69, 9.17) is 10.5 Å². The number of ether oxygens (including phenoxy) is 1. The number of hydrogen-bond acceptors (Lipinski definition) is 4. The largest absolute Gasteiger partial charge is 0.474 e. The van der Waals surface area contributed by atoms with Gasteiger partial charge in [0.05, 0.1) is 0 Å². The normalized spacial score (nSPS) is 18.0. The topological polar surface area (TPSA) is 77.2 Å². The van der Waals surface area contributed by atoms with E-state index in [0.29, 0.717) is 17.4 Å². The molecule has 1 aliphatic heterocycles. The maximum Gasteiger partial charge on any atom is 0.269 e. The van der Waals surface area contributed by atoms with Gasteiger partial charge in [-0.1, -0.05) is 0 Å². The van der Waals surface area contributed by atoms with Crippen LogP contribution in [0, 0.1) is 0 Å². The molecule has 1 aliphatic rings. The van der Waals surface area contributed by atoms with Crippen LogP contribution in [0.25, 0.3) is 0 Å². The highest BCUT2D eigenvalue weighted by atomic mass is 16.5. The van der Waals surface area contributed by atoms with E-state index in [1.54, 1.807) is 26.0 Å². The van der Waals surface area contributed by atoms with Gasteiger partial charge in [0.25, 0.3) is 5.91 Å². The summed E-state index contributed by atoms with van der Waals surface area (Å²) >= 11 is 0. The van der Waals surface area contributed by atoms with Crippen LogP contribution in [0.1, 0.15) is 13.8 Å². The van der Waals surface area contributed by atoms with Gasteiger partial charge in [-0.25, -0.2) is 4.98 Å². The fourth-order valence-corrected chi connectivity index (χ4v) is 1.21. The second-order valence-electron chi connectivity index (χ2n) is 3.65. The molecule has 1 amide bonds. The third kappa shape index (κ3) is 1.26. The van der Waals surface area contributed by atoms with E-state index < -0.39 is 5.60 Å². The summed E-state index contributed by atoms with van der Waals surface area (Å²) in [7, 11) is 0. The maximum atomic E-state index is 11.5. The Morgan fingerprint density at radius 3 is 2.93 bits per heavy atom. The van der Waals surface area contributed by atoms with E-state index in [1.807, 2.05) is 0 Å². The average Bonchev–Trinajstić information content (AvgIpc) is 2.08. The minimum atomic E-state index is -0.856. The van der Waals surface area contributed by atoms with E-state index in [0.717, 1.165) is 0 Å². The molecule has 0 bridgehead atoms. The van der Waals surface area contributed by atoms with Gasteiger partial charge in [0.2, 0.25) is 0 Å². The van der Waals surface area contributed by atoms with Crippen LogP contribution >= 0.6 is 0 Å². The Balaban J connectivity index is 2.46. The van der Waals surface area contributed by atoms with Gasteiger partial charge < -0.3 is 15.8 Å². The number of carbonyl (C=O) groups is 1. The fraction of sp³-hybridized carbons (Fsp3) is 0.333. The first kappa shape index (κ1) is 8.80. The van der Waals surface area contributed by atoms with Crippen molar-refractivity contribution >= 4 is 17.5 Å². The summed E-state index contributed by atoms with van der Waals surface area (Å²) in [6, 6.07) is 3.32. The molecule has 5 nitrogen and oxygen atoms in total.